The van der Waals surface area contributed by atoms with E-state index < -0.39 is 0 Å². The number of nitrogens with zero attached hydrogens (tertiary/aromatic N) is 1. The minimum Gasteiger partial charge on any atom is -0.395 e. The molecule has 5 heteroatoms. The minimum absolute atomic E-state index is 0.0401. The third-order valence-corrected chi connectivity index (χ3v) is 1.84. The SMILES string of the molecule is C=CCNC(=O)CN(CCO)CCOC. The van der Waals surface area contributed by atoms with Gasteiger partial charge in [0.25, 0.3) is 0 Å². The number of carbonyl (C=O) groups is 1. The Hall–Kier alpha value is -0.910. The van der Waals surface area contributed by atoms with Crippen LogP contribution in [0.15, 0.2) is 12.7 Å². The minimum atomic E-state index is -0.0700. The second-order valence-corrected chi connectivity index (χ2v) is 3.09. The molecule has 0 aliphatic carbocycles. The van der Waals surface area contributed by atoms with Crippen LogP contribution in [0.1, 0.15) is 0 Å². The normalized spacial score (nSPS) is 10.3. The van der Waals surface area contributed by atoms with Gasteiger partial charge in [-0.3, -0.25) is 9.69 Å². The van der Waals surface area contributed by atoms with E-state index in [2.05, 4.69) is 11.9 Å². The van der Waals surface area contributed by atoms with E-state index in [0.717, 1.165) is 0 Å². The highest BCUT2D eigenvalue weighted by molar-refractivity contribution is 5.78. The van der Waals surface area contributed by atoms with Crippen LogP contribution in [0.25, 0.3) is 0 Å². The van der Waals surface area contributed by atoms with Gasteiger partial charge in [-0.25, -0.2) is 0 Å². The standard InChI is InChI=1S/C10H20N2O3/c1-3-4-11-10(14)9-12(5-7-13)6-8-15-2/h3,13H,1,4-9H2,2H3,(H,11,14). The van der Waals surface area contributed by atoms with E-state index in [1.807, 2.05) is 4.90 Å². The lowest BCUT2D eigenvalue weighted by Crippen LogP contribution is -2.40. The highest BCUT2D eigenvalue weighted by Gasteiger charge is 2.08. The number of hydrogen-bond donors (Lipinski definition) is 2. The lowest BCUT2D eigenvalue weighted by atomic mass is 10.4. The van der Waals surface area contributed by atoms with Crippen molar-refractivity contribution in [1.82, 2.24) is 10.2 Å². The maximum atomic E-state index is 11.3. The van der Waals surface area contributed by atoms with Crippen LogP contribution in [0.3, 0.4) is 0 Å². The lowest BCUT2D eigenvalue weighted by molar-refractivity contribution is -0.122. The molecule has 0 saturated carbocycles. The number of ether oxygens (including phenoxy) is 1. The van der Waals surface area contributed by atoms with Crippen LogP contribution in [0.4, 0.5) is 0 Å². The number of hydrogen-bond acceptors (Lipinski definition) is 4. The van der Waals surface area contributed by atoms with Crippen LogP contribution in [0, 0.1) is 0 Å². The van der Waals surface area contributed by atoms with E-state index in [1.165, 1.54) is 0 Å². The Balaban J connectivity index is 3.80. The van der Waals surface area contributed by atoms with Crippen molar-refractivity contribution < 1.29 is 14.6 Å². The van der Waals surface area contributed by atoms with Crippen molar-refractivity contribution >= 4 is 5.91 Å². The van der Waals surface area contributed by atoms with Crippen LogP contribution in [-0.2, 0) is 9.53 Å². The molecule has 0 spiro atoms. The van der Waals surface area contributed by atoms with Gasteiger partial charge in [-0.2, -0.15) is 0 Å². The topological polar surface area (TPSA) is 61.8 Å². The molecule has 0 radical (unpaired) electrons. The molecule has 0 unspecified atom stereocenters. The molecule has 0 aromatic rings. The molecule has 1 amide bonds. The number of nitrogens with one attached hydrogen (secondary N) is 1. The molecule has 0 aromatic carbocycles. The third-order valence-electron chi connectivity index (χ3n) is 1.84. The molecular weight excluding hydrogens is 196 g/mol. The second-order valence-electron chi connectivity index (χ2n) is 3.09. The van der Waals surface area contributed by atoms with Crippen molar-refractivity contribution in [3.8, 4) is 0 Å². The summed E-state index contributed by atoms with van der Waals surface area (Å²) in [6, 6.07) is 0. The molecule has 88 valence electrons. The molecule has 0 aliphatic rings. The fourth-order valence-electron chi connectivity index (χ4n) is 1.08. The molecule has 0 rings (SSSR count). The average molecular weight is 216 g/mol. The first-order valence-corrected chi connectivity index (χ1v) is 4.94. The predicted octanol–water partition coefficient (Wildman–Crippen LogP) is -0.771. The Morgan fingerprint density at radius 3 is 2.87 bits per heavy atom. The first kappa shape index (κ1) is 14.1. The second kappa shape index (κ2) is 9.64. The number of methoxy groups -OCH3 is 1. The van der Waals surface area contributed by atoms with Crippen molar-refractivity contribution in [2.24, 2.45) is 0 Å². The summed E-state index contributed by atoms with van der Waals surface area (Å²) in [5.74, 6) is -0.0700. The molecule has 0 atom stereocenters. The van der Waals surface area contributed by atoms with Gasteiger partial charge in [0.15, 0.2) is 0 Å². The number of carbonyl (C=O) groups excluding carboxylic acids is 1. The van der Waals surface area contributed by atoms with E-state index in [0.29, 0.717) is 26.2 Å². The van der Waals surface area contributed by atoms with Gasteiger partial charge in [0.1, 0.15) is 0 Å². The van der Waals surface area contributed by atoms with Crippen LogP contribution < -0.4 is 5.32 Å². The summed E-state index contributed by atoms with van der Waals surface area (Å²) < 4.78 is 4.91. The molecule has 0 saturated heterocycles. The Labute approximate surface area is 90.7 Å². The molecule has 0 bridgehead atoms. The van der Waals surface area contributed by atoms with Gasteiger partial charge in [-0.05, 0) is 0 Å². The average Bonchev–Trinajstić information content (AvgIpc) is 2.23. The van der Waals surface area contributed by atoms with Crippen molar-refractivity contribution in [2.45, 2.75) is 0 Å². The van der Waals surface area contributed by atoms with Gasteiger partial charge in [0.2, 0.25) is 5.91 Å². The first-order chi connectivity index (χ1) is 7.24. The van der Waals surface area contributed by atoms with Gasteiger partial charge in [-0.1, -0.05) is 6.08 Å². The van der Waals surface area contributed by atoms with E-state index >= 15 is 0 Å². The van der Waals surface area contributed by atoms with Crippen molar-refractivity contribution in [2.75, 3.05) is 46.5 Å². The van der Waals surface area contributed by atoms with Crippen LogP contribution >= 0.6 is 0 Å². The van der Waals surface area contributed by atoms with Crippen molar-refractivity contribution in [3.05, 3.63) is 12.7 Å². The molecule has 2 N–H and O–H groups in total. The summed E-state index contributed by atoms with van der Waals surface area (Å²) in [6.45, 7) is 5.96. The third kappa shape index (κ3) is 8.11. The molecular formula is C10H20N2O3. The van der Waals surface area contributed by atoms with E-state index in [4.69, 9.17) is 9.84 Å². The fraction of sp³-hybridized carbons (Fsp3) is 0.700. The summed E-state index contributed by atoms with van der Waals surface area (Å²) >= 11 is 0. The zero-order chi connectivity index (χ0) is 11.5. The van der Waals surface area contributed by atoms with Gasteiger partial charge in [0.05, 0.1) is 19.8 Å². The van der Waals surface area contributed by atoms with Crippen LogP contribution in [-0.4, -0.2) is 62.4 Å². The Morgan fingerprint density at radius 2 is 2.33 bits per heavy atom. The number of aliphatic hydroxyl groups is 1. The largest absolute Gasteiger partial charge is 0.395 e. The number of amides is 1. The fourth-order valence-corrected chi connectivity index (χ4v) is 1.08. The molecule has 15 heavy (non-hydrogen) atoms. The smallest absolute Gasteiger partial charge is 0.234 e. The summed E-state index contributed by atoms with van der Waals surface area (Å²) in [5.41, 5.74) is 0. The van der Waals surface area contributed by atoms with Crippen LogP contribution in [0.2, 0.25) is 0 Å². The van der Waals surface area contributed by atoms with Crippen LogP contribution in [0.5, 0.6) is 0 Å². The molecule has 0 aliphatic heterocycles. The quantitative estimate of drug-likeness (QED) is 0.497. The van der Waals surface area contributed by atoms with E-state index in [9.17, 15) is 4.79 Å². The molecule has 0 fully saturated rings. The summed E-state index contributed by atoms with van der Waals surface area (Å²) in [5, 5.41) is 11.5. The molecule has 5 nitrogen and oxygen atoms in total. The maximum absolute atomic E-state index is 11.3. The Bertz CT molecular complexity index is 186. The van der Waals surface area contributed by atoms with Crippen molar-refractivity contribution in [3.63, 3.8) is 0 Å². The lowest BCUT2D eigenvalue weighted by Gasteiger charge is -2.19. The zero-order valence-corrected chi connectivity index (χ0v) is 9.24. The van der Waals surface area contributed by atoms with E-state index in [1.54, 1.807) is 13.2 Å². The van der Waals surface area contributed by atoms with Gasteiger partial charge in [0, 0.05) is 26.7 Å². The monoisotopic (exact) mass is 216 g/mol. The summed E-state index contributed by atoms with van der Waals surface area (Å²) in [6.07, 6.45) is 1.63. The van der Waals surface area contributed by atoms with Crippen molar-refractivity contribution in [1.29, 1.82) is 0 Å². The number of aliphatic hydroxyl groups excluding tert-OH is 1. The molecule has 0 aromatic heterocycles. The van der Waals surface area contributed by atoms with Gasteiger partial charge < -0.3 is 15.2 Å². The number of rotatable bonds is 9. The summed E-state index contributed by atoms with van der Waals surface area (Å²) in [7, 11) is 1.61. The van der Waals surface area contributed by atoms with Gasteiger partial charge in [-0.15, -0.1) is 6.58 Å². The maximum Gasteiger partial charge on any atom is 0.234 e. The molecule has 0 heterocycles. The Kier molecular flexibility index (Phi) is 9.05. The van der Waals surface area contributed by atoms with E-state index in [-0.39, 0.29) is 19.1 Å². The highest BCUT2D eigenvalue weighted by Crippen LogP contribution is 1.87. The van der Waals surface area contributed by atoms with Gasteiger partial charge >= 0.3 is 0 Å². The Morgan fingerprint density at radius 1 is 1.60 bits per heavy atom. The first-order valence-electron chi connectivity index (χ1n) is 4.94. The zero-order valence-electron chi connectivity index (χ0n) is 9.24. The predicted molar refractivity (Wildman–Crippen MR) is 58.6 cm³/mol. The highest BCUT2D eigenvalue weighted by atomic mass is 16.5. The summed E-state index contributed by atoms with van der Waals surface area (Å²) in [4.78, 5) is 13.2.